The van der Waals surface area contributed by atoms with Crippen LogP contribution in [0.25, 0.3) is 0 Å². The zero-order chi connectivity index (χ0) is 9.52. The number of hydrogen-bond donors (Lipinski definition) is 0. The fourth-order valence-electron chi connectivity index (χ4n) is 1.19. The average molecular weight is 180 g/mol. The summed E-state index contributed by atoms with van der Waals surface area (Å²) >= 11 is 0. The second-order valence-corrected chi connectivity index (χ2v) is 3.35. The molecule has 0 aromatic carbocycles. The molecule has 0 atom stereocenters. The van der Waals surface area contributed by atoms with Gasteiger partial charge in [0.15, 0.2) is 0 Å². The Kier molecular flexibility index (Phi) is 4.50. The lowest BCUT2D eigenvalue weighted by Gasteiger charge is -1.98. The van der Waals surface area contributed by atoms with E-state index >= 15 is 0 Å². The van der Waals surface area contributed by atoms with Crippen molar-refractivity contribution in [3.8, 4) is 0 Å². The Morgan fingerprint density at radius 1 is 0.923 bits per heavy atom. The number of rotatable bonds is 6. The summed E-state index contributed by atoms with van der Waals surface area (Å²) in [4.78, 5) is 4.36. The standard InChI is InChI=1S/C10H18N3/c1-3-5-7-9-11-10(13-12-9)8-6-4-2/h3-8H2,1-2H3/q-1. The van der Waals surface area contributed by atoms with Crippen molar-refractivity contribution in [2.45, 2.75) is 52.4 Å². The molecule has 0 saturated carbocycles. The van der Waals surface area contributed by atoms with Gasteiger partial charge in [-0.3, -0.25) is 0 Å². The molecule has 1 aromatic heterocycles. The van der Waals surface area contributed by atoms with Crippen LogP contribution in [0.15, 0.2) is 0 Å². The number of hydrogen-bond acceptors (Lipinski definition) is 2. The van der Waals surface area contributed by atoms with Crippen molar-refractivity contribution >= 4 is 0 Å². The van der Waals surface area contributed by atoms with Gasteiger partial charge in [-0.1, -0.05) is 26.7 Å². The van der Waals surface area contributed by atoms with Crippen molar-refractivity contribution in [1.82, 2.24) is 15.2 Å². The van der Waals surface area contributed by atoms with Gasteiger partial charge in [0, 0.05) is 0 Å². The molecule has 0 aliphatic heterocycles. The predicted molar refractivity (Wildman–Crippen MR) is 52.6 cm³/mol. The maximum absolute atomic E-state index is 4.36. The maximum Gasteiger partial charge on any atom is -0.0102 e. The molecule has 0 N–H and O–H groups in total. The van der Waals surface area contributed by atoms with Crippen LogP contribution in [0.3, 0.4) is 0 Å². The first-order valence-electron chi connectivity index (χ1n) is 5.22. The van der Waals surface area contributed by atoms with Gasteiger partial charge in [-0.15, -0.1) is 0 Å². The molecule has 1 heterocycles. The molecule has 1 aromatic rings. The summed E-state index contributed by atoms with van der Waals surface area (Å²) in [7, 11) is 0. The minimum atomic E-state index is 0.924. The molecule has 0 aliphatic rings. The third-order valence-electron chi connectivity index (χ3n) is 2.05. The SMILES string of the molecule is CCCCc1nnc(CCCC)[n-]1. The zero-order valence-corrected chi connectivity index (χ0v) is 8.58. The largest absolute Gasteiger partial charge is 0.367 e. The molecule has 0 saturated heterocycles. The summed E-state index contributed by atoms with van der Waals surface area (Å²) in [5.41, 5.74) is 0. The van der Waals surface area contributed by atoms with Gasteiger partial charge in [0.05, 0.1) is 0 Å². The zero-order valence-electron chi connectivity index (χ0n) is 8.58. The van der Waals surface area contributed by atoms with Crippen molar-refractivity contribution in [3.05, 3.63) is 11.6 Å². The molecule has 0 unspecified atom stereocenters. The van der Waals surface area contributed by atoms with Crippen molar-refractivity contribution in [2.75, 3.05) is 0 Å². The van der Waals surface area contributed by atoms with E-state index < -0.39 is 0 Å². The first kappa shape index (κ1) is 10.2. The third-order valence-corrected chi connectivity index (χ3v) is 2.05. The van der Waals surface area contributed by atoms with E-state index in [2.05, 4.69) is 29.0 Å². The summed E-state index contributed by atoms with van der Waals surface area (Å²) < 4.78 is 0. The monoisotopic (exact) mass is 180 g/mol. The van der Waals surface area contributed by atoms with Crippen LogP contribution in [-0.4, -0.2) is 10.2 Å². The minimum Gasteiger partial charge on any atom is -0.367 e. The van der Waals surface area contributed by atoms with Crippen LogP contribution in [0.1, 0.15) is 51.2 Å². The second-order valence-electron chi connectivity index (χ2n) is 3.35. The Balaban J connectivity index is 2.34. The van der Waals surface area contributed by atoms with Gasteiger partial charge < -0.3 is 15.2 Å². The lowest BCUT2D eigenvalue weighted by atomic mass is 10.2. The smallest absolute Gasteiger partial charge is 0.0102 e. The fourth-order valence-corrected chi connectivity index (χ4v) is 1.19. The van der Waals surface area contributed by atoms with Crippen LogP contribution in [0, 0.1) is 0 Å². The summed E-state index contributed by atoms with van der Waals surface area (Å²) in [6, 6.07) is 0. The molecule has 0 spiro atoms. The van der Waals surface area contributed by atoms with Crippen LogP contribution >= 0.6 is 0 Å². The highest BCUT2D eigenvalue weighted by atomic mass is 15.2. The quantitative estimate of drug-likeness (QED) is 0.673. The van der Waals surface area contributed by atoms with Crippen molar-refractivity contribution < 1.29 is 0 Å². The molecular weight excluding hydrogens is 162 g/mol. The van der Waals surface area contributed by atoms with Crippen molar-refractivity contribution in [2.24, 2.45) is 0 Å². The number of aromatic nitrogens is 3. The molecular formula is C10H18N3-. The fraction of sp³-hybridized carbons (Fsp3) is 0.800. The van der Waals surface area contributed by atoms with Crippen LogP contribution in [0.2, 0.25) is 0 Å². The van der Waals surface area contributed by atoms with Gasteiger partial charge in [0.1, 0.15) is 0 Å². The highest BCUT2D eigenvalue weighted by Gasteiger charge is 1.92. The van der Waals surface area contributed by atoms with Crippen molar-refractivity contribution in [1.29, 1.82) is 0 Å². The topological polar surface area (TPSA) is 39.9 Å². The first-order chi connectivity index (χ1) is 6.36. The van der Waals surface area contributed by atoms with E-state index in [0.29, 0.717) is 0 Å². The molecule has 0 radical (unpaired) electrons. The number of unbranched alkanes of at least 4 members (excludes halogenated alkanes) is 2. The highest BCUT2D eigenvalue weighted by molar-refractivity contribution is 4.89. The van der Waals surface area contributed by atoms with E-state index in [9.17, 15) is 0 Å². The van der Waals surface area contributed by atoms with Crippen molar-refractivity contribution in [3.63, 3.8) is 0 Å². The lowest BCUT2D eigenvalue weighted by Crippen LogP contribution is -1.92. The number of nitrogens with zero attached hydrogens (tertiary/aromatic N) is 3. The summed E-state index contributed by atoms with van der Waals surface area (Å²) in [6.07, 6.45) is 6.68. The van der Waals surface area contributed by atoms with E-state index in [4.69, 9.17) is 0 Å². The van der Waals surface area contributed by atoms with Gasteiger partial charge in [-0.25, -0.2) is 0 Å². The summed E-state index contributed by atoms with van der Waals surface area (Å²) in [5, 5.41) is 8.09. The Morgan fingerprint density at radius 3 is 1.77 bits per heavy atom. The Morgan fingerprint density at radius 2 is 1.38 bits per heavy atom. The molecule has 0 bridgehead atoms. The Labute approximate surface area is 80.0 Å². The molecule has 0 fully saturated rings. The van der Waals surface area contributed by atoms with Gasteiger partial charge in [0.25, 0.3) is 0 Å². The molecule has 74 valence electrons. The molecule has 1 rings (SSSR count). The third kappa shape index (κ3) is 3.57. The first-order valence-corrected chi connectivity index (χ1v) is 5.22. The normalized spacial score (nSPS) is 10.6. The second kappa shape index (κ2) is 5.73. The van der Waals surface area contributed by atoms with E-state index in [1.807, 2.05) is 0 Å². The maximum atomic E-state index is 4.36. The molecule has 0 aliphatic carbocycles. The highest BCUT2D eigenvalue weighted by Crippen LogP contribution is 2.01. The number of aryl methyl sites for hydroxylation is 2. The minimum absolute atomic E-state index is 0.924. The van der Waals surface area contributed by atoms with Crippen LogP contribution in [0.5, 0.6) is 0 Å². The van der Waals surface area contributed by atoms with Gasteiger partial charge in [-0.05, 0) is 37.3 Å². The van der Waals surface area contributed by atoms with Gasteiger partial charge in [-0.2, -0.15) is 0 Å². The van der Waals surface area contributed by atoms with E-state index in [-0.39, 0.29) is 0 Å². The Hall–Kier alpha value is -0.860. The average Bonchev–Trinajstić information content (AvgIpc) is 2.59. The van der Waals surface area contributed by atoms with Crippen LogP contribution < -0.4 is 4.98 Å². The molecule has 0 amide bonds. The summed E-state index contributed by atoms with van der Waals surface area (Å²) in [6.45, 7) is 4.35. The van der Waals surface area contributed by atoms with Gasteiger partial charge in [0.2, 0.25) is 0 Å². The Bertz CT molecular complexity index is 207. The van der Waals surface area contributed by atoms with Crippen LogP contribution in [0.4, 0.5) is 0 Å². The lowest BCUT2D eigenvalue weighted by molar-refractivity contribution is 0.744. The molecule has 3 nitrogen and oxygen atoms in total. The summed E-state index contributed by atoms with van der Waals surface area (Å²) in [5.74, 6) is 1.85. The molecule has 13 heavy (non-hydrogen) atoms. The van der Waals surface area contributed by atoms with E-state index in [1.165, 1.54) is 25.7 Å². The van der Waals surface area contributed by atoms with E-state index in [0.717, 1.165) is 24.5 Å². The van der Waals surface area contributed by atoms with Gasteiger partial charge >= 0.3 is 0 Å². The predicted octanol–water partition coefficient (Wildman–Crippen LogP) is 2.12. The van der Waals surface area contributed by atoms with E-state index in [1.54, 1.807) is 0 Å². The molecule has 3 heteroatoms. The van der Waals surface area contributed by atoms with Crippen LogP contribution in [-0.2, 0) is 12.8 Å².